The van der Waals surface area contributed by atoms with Crippen LogP contribution >= 0.6 is 0 Å². The van der Waals surface area contributed by atoms with Gasteiger partial charge in [-0.25, -0.2) is 0 Å². The highest BCUT2D eigenvalue weighted by molar-refractivity contribution is 6.12. The molecule has 0 aliphatic carbocycles. The van der Waals surface area contributed by atoms with Crippen molar-refractivity contribution in [1.82, 2.24) is 0 Å². The average molecular weight is 618 g/mol. The zero-order valence-electron chi connectivity index (χ0n) is 26.0. The number of aliphatic hydroxyl groups excluding tert-OH is 2. The fourth-order valence-electron chi connectivity index (χ4n) is 6.17. The second-order valence-corrected chi connectivity index (χ2v) is 12.1. The lowest BCUT2D eigenvalue weighted by Crippen LogP contribution is -2.21. The molecule has 2 aliphatic rings. The van der Waals surface area contributed by atoms with E-state index in [9.17, 15) is 19.8 Å². The molecule has 0 bridgehead atoms. The molecule has 8 nitrogen and oxygen atoms in total. The van der Waals surface area contributed by atoms with Gasteiger partial charge in [0.1, 0.15) is 12.8 Å². The van der Waals surface area contributed by atoms with Crippen molar-refractivity contribution >= 4 is 28.7 Å². The Morgan fingerprint density at radius 1 is 0.630 bits per heavy atom. The second kappa shape index (κ2) is 14.1. The van der Waals surface area contributed by atoms with Crippen LogP contribution in [0.3, 0.4) is 0 Å². The highest BCUT2D eigenvalue weighted by atomic mass is 16.6. The van der Waals surface area contributed by atoms with Gasteiger partial charge >= 0.3 is 0 Å². The van der Waals surface area contributed by atoms with Crippen molar-refractivity contribution in [2.45, 2.75) is 37.9 Å². The van der Waals surface area contributed by atoms with Crippen LogP contribution in [0.15, 0.2) is 102 Å². The Morgan fingerprint density at radius 2 is 1.00 bits per heavy atom. The first-order valence-electron chi connectivity index (χ1n) is 15.8. The molecule has 2 heterocycles. The van der Waals surface area contributed by atoms with Crippen molar-refractivity contribution in [2.75, 3.05) is 43.1 Å². The molecule has 0 aromatic heterocycles. The third-order valence-corrected chi connectivity index (χ3v) is 8.80. The zero-order valence-corrected chi connectivity index (χ0v) is 26.0. The quantitative estimate of drug-likeness (QED) is 0.138. The minimum Gasteiger partial charge on any atom is -0.399 e. The number of β-amino-alcohol motifs (C(OH)–C–C–N with tert-alkyl or cyclic N) is 2. The number of anilines is 2. The summed E-state index contributed by atoms with van der Waals surface area (Å²) < 4.78 is 0. The van der Waals surface area contributed by atoms with Crippen LogP contribution in [0, 0.1) is 0 Å². The molecule has 236 valence electrons. The minimum absolute atomic E-state index is 0.0408. The molecule has 0 saturated carbocycles. The molecule has 4 aromatic carbocycles. The second-order valence-electron chi connectivity index (χ2n) is 12.1. The average Bonchev–Trinajstić information content (AvgIpc) is 3.72. The predicted molar refractivity (Wildman–Crippen MR) is 180 cm³/mol. The van der Waals surface area contributed by atoms with Gasteiger partial charge in [-0.1, -0.05) is 53.7 Å². The van der Waals surface area contributed by atoms with Gasteiger partial charge < -0.3 is 24.9 Å². The Hall–Kier alpha value is -4.79. The first-order valence-corrected chi connectivity index (χ1v) is 15.8. The van der Waals surface area contributed by atoms with E-state index in [0.717, 1.165) is 59.6 Å². The van der Waals surface area contributed by atoms with Crippen LogP contribution in [-0.4, -0.2) is 73.0 Å². The molecule has 4 aromatic rings. The summed E-state index contributed by atoms with van der Waals surface area (Å²) in [6.07, 6.45) is 1.52. The van der Waals surface area contributed by atoms with E-state index < -0.39 is 0 Å². The largest absolute Gasteiger partial charge is 0.399 e. The minimum atomic E-state index is -0.291. The molecule has 6 rings (SSSR count). The van der Waals surface area contributed by atoms with Crippen LogP contribution in [0.4, 0.5) is 11.4 Å². The molecule has 46 heavy (non-hydrogen) atoms. The normalized spacial score (nSPS) is 17.6. The number of benzene rings is 4. The maximum atomic E-state index is 13.0. The molecule has 2 unspecified atom stereocenters. The smallest absolute Gasteiger partial charge is 0.167 e. The standard InChI is InChI=1S/C38H39N3O5/c1-46-39-38(30-6-2-26(3-7-30)22-36(44)28-10-14-32(15-11-28)40-20-18-34(42)24-40)31-8-4-27(5-9-31)23-37(45)29-12-16-33(17-13-29)41-21-19-35(43)25-41/h2-17,34-35,42-43H,18-25H2,1H3. The molecule has 2 aliphatic heterocycles. The highest BCUT2D eigenvalue weighted by Crippen LogP contribution is 2.23. The van der Waals surface area contributed by atoms with E-state index in [1.165, 1.54) is 7.11 Å². The summed E-state index contributed by atoms with van der Waals surface area (Å²) in [7, 11) is 1.51. The van der Waals surface area contributed by atoms with Crippen LogP contribution in [0.25, 0.3) is 0 Å². The van der Waals surface area contributed by atoms with E-state index in [0.29, 0.717) is 29.9 Å². The Labute approximate surface area is 269 Å². The lowest BCUT2D eigenvalue weighted by atomic mass is 9.96. The zero-order chi connectivity index (χ0) is 32.0. The van der Waals surface area contributed by atoms with Gasteiger partial charge in [0.15, 0.2) is 11.6 Å². The van der Waals surface area contributed by atoms with Gasteiger partial charge in [-0.2, -0.15) is 0 Å². The SMILES string of the molecule is CON=C(c1ccc(CC(=O)c2ccc(N3CCC(O)C3)cc2)cc1)c1ccc(CC(=O)c2ccc(N3CCC(O)C3)cc2)cc1. The molecule has 8 heteroatoms. The summed E-state index contributed by atoms with van der Waals surface area (Å²) in [6, 6.07) is 30.7. The van der Waals surface area contributed by atoms with Crippen molar-refractivity contribution in [2.24, 2.45) is 5.16 Å². The Morgan fingerprint density at radius 3 is 1.33 bits per heavy atom. The number of aliphatic hydroxyl groups is 2. The maximum Gasteiger partial charge on any atom is 0.167 e. The number of hydrogen-bond acceptors (Lipinski definition) is 8. The Bertz CT molecular complexity index is 1560. The van der Waals surface area contributed by atoms with E-state index >= 15 is 0 Å². The summed E-state index contributed by atoms with van der Waals surface area (Å²) in [5, 5.41) is 23.9. The Balaban J connectivity index is 1.06. The molecule has 0 spiro atoms. The van der Waals surface area contributed by atoms with Gasteiger partial charge in [0.25, 0.3) is 0 Å². The number of rotatable bonds is 11. The van der Waals surface area contributed by atoms with Gasteiger partial charge in [-0.3, -0.25) is 9.59 Å². The van der Waals surface area contributed by atoms with Crippen LogP contribution in [0.1, 0.15) is 55.8 Å². The molecule has 2 saturated heterocycles. The molecule has 0 radical (unpaired) electrons. The summed E-state index contributed by atoms with van der Waals surface area (Å²) >= 11 is 0. The van der Waals surface area contributed by atoms with Gasteiger partial charge in [0.2, 0.25) is 0 Å². The first kappa shape index (κ1) is 31.2. The molecular formula is C38H39N3O5. The third kappa shape index (κ3) is 7.36. The van der Waals surface area contributed by atoms with Gasteiger partial charge in [-0.15, -0.1) is 0 Å². The molecule has 2 atom stereocenters. The van der Waals surface area contributed by atoms with E-state index in [1.807, 2.05) is 97.1 Å². The van der Waals surface area contributed by atoms with Crippen LogP contribution in [-0.2, 0) is 17.7 Å². The van der Waals surface area contributed by atoms with Gasteiger partial charge in [-0.05, 0) is 72.5 Å². The number of carbonyl (C=O) groups excluding carboxylic acids is 2. The molecule has 0 amide bonds. The fraction of sp³-hybridized carbons (Fsp3) is 0.289. The van der Waals surface area contributed by atoms with Crippen molar-refractivity contribution in [1.29, 1.82) is 0 Å². The molecular weight excluding hydrogens is 578 g/mol. The molecule has 2 N–H and O–H groups in total. The Kier molecular flexibility index (Phi) is 9.57. The summed E-state index contributed by atoms with van der Waals surface area (Å²) in [6.45, 7) is 2.89. The van der Waals surface area contributed by atoms with Gasteiger partial charge in [0.05, 0.1) is 12.2 Å². The number of oxime groups is 1. The van der Waals surface area contributed by atoms with Crippen molar-refractivity contribution in [3.05, 3.63) is 130 Å². The molecule has 2 fully saturated rings. The van der Waals surface area contributed by atoms with E-state index in [-0.39, 0.29) is 36.6 Å². The topological polar surface area (TPSA) is 103 Å². The van der Waals surface area contributed by atoms with E-state index in [4.69, 9.17) is 4.84 Å². The highest BCUT2D eigenvalue weighted by Gasteiger charge is 2.22. The first-order chi connectivity index (χ1) is 22.4. The fourth-order valence-corrected chi connectivity index (χ4v) is 6.17. The number of nitrogens with zero attached hydrogens (tertiary/aromatic N) is 3. The lowest BCUT2D eigenvalue weighted by Gasteiger charge is -2.17. The number of Topliss-reactive ketones (excluding diaryl/α,β-unsaturated/α-hetero) is 2. The summed E-state index contributed by atoms with van der Waals surface area (Å²) in [5.41, 5.74) is 7.52. The number of carbonyl (C=O) groups is 2. The van der Waals surface area contributed by atoms with Crippen molar-refractivity contribution < 1.29 is 24.6 Å². The van der Waals surface area contributed by atoms with E-state index in [1.54, 1.807) is 0 Å². The number of ketones is 2. The summed E-state index contributed by atoms with van der Waals surface area (Å²) in [4.78, 5) is 35.4. The van der Waals surface area contributed by atoms with Crippen molar-refractivity contribution in [3.8, 4) is 0 Å². The predicted octanol–water partition coefficient (Wildman–Crippen LogP) is 5.08. The van der Waals surface area contributed by atoms with Crippen molar-refractivity contribution in [3.63, 3.8) is 0 Å². The van der Waals surface area contributed by atoms with Gasteiger partial charge in [0, 0.05) is 72.6 Å². The lowest BCUT2D eigenvalue weighted by molar-refractivity contribution is 0.0985. The maximum absolute atomic E-state index is 13.0. The van der Waals surface area contributed by atoms with Crippen LogP contribution in [0.2, 0.25) is 0 Å². The van der Waals surface area contributed by atoms with E-state index in [2.05, 4.69) is 15.0 Å². The monoisotopic (exact) mass is 617 g/mol. The summed E-state index contributed by atoms with van der Waals surface area (Å²) in [5.74, 6) is 0.0816. The van der Waals surface area contributed by atoms with Crippen LogP contribution < -0.4 is 9.80 Å². The third-order valence-electron chi connectivity index (χ3n) is 8.80. The van der Waals surface area contributed by atoms with Crippen LogP contribution in [0.5, 0.6) is 0 Å². The number of hydrogen-bond donors (Lipinski definition) is 2.